The lowest BCUT2D eigenvalue weighted by Gasteiger charge is -2.23. The number of amides is 2. The number of benzene rings is 2. The highest BCUT2D eigenvalue weighted by atomic mass is 16.2. The predicted molar refractivity (Wildman–Crippen MR) is 119 cm³/mol. The van der Waals surface area contributed by atoms with Crippen LogP contribution in [0.2, 0.25) is 0 Å². The molecule has 3 rings (SSSR count). The summed E-state index contributed by atoms with van der Waals surface area (Å²) in [4.78, 5) is 28.0. The average molecular weight is 394 g/mol. The molecule has 1 atom stereocenters. The zero-order valence-corrected chi connectivity index (χ0v) is 17.6. The van der Waals surface area contributed by atoms with Gasteiger partial charge in [-0.3, -0.25) is 9.59 Å². The van der Waals surface area contributed by atoms with Crippen LogP contribution >= 0.6 is 0 Å². The summed E-state index contributed by atoms with van der Waals surface area (Å²) in [7, 11) is 0. The Hall–Kier alpha value is -2.82. The Labute approximate surface area is 173 Å². The van der Waals surface area contributed by atoms with Crippen molar-refractivity contribution in [1.82, 2.24) is 5.32 Å². The van der Waals surface area contributed by atoms with Crippen molar-refractivity contribution < 1.29 is 9.59 Å². The SMILES string of the molecule is CC[C@H](C(=O)Nc1ccc(N2CCCC2)c(C(=O)NC(C)C)c1)c1ccccc1. The molecule has 1 aliphatic heterocycles. The second-order valence-corrected chi connectivity index (χ2v) is 7.92. The van der Waals surface area contributed by atoms with Crippen molar-refractivity contribution in [3.05, 3.63) is 59.7 Å². The Morgan fingerprint density at radius 3 is 2.34 bits per heavy atom. The summed E-state index contributed by atoms with van der Waals surface area (Å²) in [5, 5.41) is 6.01. The van der Waals surface area contributed by atoms with E-state index < -0.39 is 0 Å². The highest BCUT2D eigenvalue weighted by Gasteiger charge is 2.22. The van der Waals surface area contributed by atoms with E-state index in [1.165, 1.54) is 0 Å². The molecule has 0 radical (unpaired) electrons. The van der Waals surface area contributed by atoms with Crippen molar-refractivity contribution in [3.8, 4) is 0 Å². The third-order valence-electron chi connectivity index (χ3n) is 5.30. The van der Waals surface area contributed by atoms with Gasteiger partial charge < -0.3 is 15.5 Å². The fourth-order valence-electron chi connectivity index (χ4n) is 3.86. The van der Waals surface area contributed by atoms with Crippen molar-refractivity contribution >= 4 is 23.2 Å². The van der Waals surface area contributed by atoms with E-state index in [9.17, 15) is 9.59 Å². The van der Waals surface area contributed by atoms with Crippen LogP contribution in [-0.4, -0.2) is 30.9 Å². The largest absolute Gasteiger partial charge is 0.371 e. The third kappa shape index (κ3) is 5.17. The lowest BCUT2D eigenvalue weighted by atomic mass is 9.95. The van der Waals surface area contributed by atoms with Crippen LogP contribution in [0.15, 0.2) is 48.5 Å². The average Bonchev–Trinajstić information content (AvgIpc) is 3.23. The van der Waals surface area contributed by atoms with Crippen LogP contribution in [0.5, 0.6) is 0 Å². The first-order chi connectivity index (χ1) is 14.0. The van der Waals surface area contributed by atoms with Gasteiger partial charge in [-0.25, -0.2) is 0 Å². The monoisotopic (exact) mass is 393 g/mol. The van der Waals surface area contributed by atoms with Crippen LogP contribution in [0, 0.1) is 0 Å². The Kier molecular flexibility index (Phi) is 6.91. The minimum Gasteiger partial charge on any atom is -0.371 e. The maximum atomic E-state index is 12.9. The number of carbonyl (C=O) groups excluding carboxylic acids is 2. The molecule has 0 saturated carbocycles. The van der Waals surface area contributed by atoms with Crippen LogP contribution in [0.3, 0.4) is 0 Å². The van der Waals surface area contributed by atoms with Crippen LogP contribution in [0.25, 0.3) is 0 Å². The van der Waals surface area contributed by atoms with Crippen molar-refractivity contribution in [1.29, 1.82) is 0 Å². The van der Waals surface area contributed by atoms with E-state index in [0.29, 0.717) is 17.7 Å². The fraction of sp³-hybridized carbons (Fsp3) is 0.417. The molecule has 154 valence electrons. The molecule has 2 aromatic carbocycles. The van der Waals surface area contributed by atoms with Gasteiger partial charge in [-0.2, -0.15) is 0 Å². The van der Waals surface area contributed by atoms with E-state index in [2.05, 4.69) is 15.5 Å². The molecule has 1 heterocycles. The molecule has 2 amide bonds. The van der Waals surface area contributed by atoms with E-state index in [0.717, 1.165) is 37.2 Å². The molecule has 0 unspecified atom stereocenters. The van der Waals surface area contributed by atoms with E-state index in [1.807, 2.05) is 63.2 Å². The minimum absolute atomic E-state index is 0.0507. The van der Waals surface area contributed by atoms with Gasteiger partial charge in [-0.1, -0.05) is 37.3 Å². The Balaban J connectivity index is 1.85. The Morgan fingerprint density at radius 2 is 1.72 bits per heavy atom. The quantitative estimate of drug-likeness (QED) is 0.725. The van der Waals surface area contributed by atoms with Gasteiger partial charge in [-0.15, -0.1) is 0 Å². The second-order valence-electron chi connectivity index (χ2n) is 7.92. The molecule has 1 fully saturated rings. The van der Waals surface area contributed by atoms with E-state index in [1.54, 1.807) is 6.07 Å². The zero-order valence-electron chi connectivity index (χ0n) is 17.6. The van der Waals surface area contributed by atoms with E-state index in [-0.39, 0.29) is 23.8 Å². The van der Waals surface area contributed by atoms with Crippen LogP contribution < -0.4 is 15.5 Å². The molecule has 29 heavy (non-hydrogen) atoms. The third-order valence-corrected chi connectivity index (χ3v) is 5.30. The summed E-state index contributed by atoms with van der Waals surface area (Å²) in [6.45, 7) is 7.82. The maximum Gasteiger partial charge on any atom is 0.253 e. The number of rotatable bonds is 7. The molecule has 0 spiro atoms. The molecule has 0 aliphatic carbocycles. The summed E-state index contributed by atoms with van der Waals surface area (Å²) in [6, 6.07) is 15.5. The molecule has 0 aromatic heterocycles. The van der Waals surface area contributed by atoms with Gasteiger partial charge in [0, 0.05) is 30.5 Å². The maximum absolute atomic E-state index is 12.9. The normalized spacial score (nSPS) is 14.7. The van der Waals surface area contributed by atoms with Gasteiger partial charge in [0.1, 0.15) is 0 Å². The summed E-state index contributed by atoms with van der Waals surface area (Å²) in [5.74, 6) is -0.377. The van der Waals surface area contributed by atoms with Crippen LogP contribution in [0.4, 0.5) is 11.4 Å². The first-order valence-corrected chi connectivity index (χ1v) is 10.5. The van der Waals surface area contributed by atoms with Crippen LogP contribution in [0.1, 0.15) is 61.9 Å². The van der Waals surface area contributed by atoms with Crippen molar-refractivity contribution in [2.75, 3.05) is 23.3 Å². The number of hydrogen-bond acceptors (Lipinski definition) is 3. The summed E-state index contributed by atoms with van der Waals surface area (Å²) in [6.07, 6.45) is 2.99. The van der Waals surface area contributed by atoms with Gasteiger partial charge in [0.2, 0.25) is 5.91 Å². The fourth-order valence-corrected chi connectivity index (χ4v) is 3.86. The number of nitrogens with zero attached hydrogens (tertiary/aromatic N) is 1. The second kappa shape index (κ2) is 9.59. The molecule has 1 aliphatic rings. The Bertz CT molecular complexity index is 842. The first-order valence-electron chi connectivity index (χ1n) is 10.5. The Morgan fingerprint density at radius 1 is 1.03 bits per heavy atom. The van der Waals surface area contributed by atoms with Gasteiger partial charge in [0.15, 0.2) is 0 Å². The summed E-state index contributed by atoms with van der Waals surface area (Å²) < 4.78 is 0. The summed E-state index contributed by atoms with van der Waals surface area (Å²) in [5.41, 5.74) is 3.21. The van der Waals surface area contributed by atoms with E-state index >= 15 is 0 Å². The molecular weight excluding hydrogens is 362 g/mol. The van der Waals surface area contributed by atoms with Crippen molar-refractivity contribution in [2.24, 2.45) is 0 Å². The van der Waals surface area contributed by atoms with E-state index in [4.69, 9.17) is 0 Å². The van der Waals surface area contributed by atoms with Crippen molar-refractivity contribution in [3.63, 3.8) is 0 Å². The zero-order chi connectivity index (χ0) is 20.8. The van der Waals surface area contributed by atoms with Gasteiger partial charge in [0.25, 0.3) is 5.91 Å². The molecule has 0 bridgehead atoms. The predicted octanol–water partition coefficient (Wildman–Crippen LogP) is 4.56. The smallest absolute Gasteiger partial charge is 0.253 e. The lowest BCUT2D eigenvalue weighted by molar-refractivity contribution is -0.117. The molecular formula is C24H31N3O2. The molecule has 2 N–H and O–H groups in total. The number of nitrogens with one attached hydrogen (secondary N) is 2. The van der Waals surface area contributed by atoms with Gasteiger partial charge in [0.05, 0.1) is 11.5 Å². The molecule has 5 nitrogen and oxygen atoms in total. The highest BCUT2D eigenvalue weighted by Crippen LogP contribution is 2.29. The molecule has 2 aromatic rings. The first kappa shape index (κ1) is 20.9. The molecule has 5 heteroatoms. The standard InChI is InChI=1S/C24H31N3O2/c1-4-20(18-10-6-5-7-11-18)23(28)26-19-12-13-22(27-14-8-9-15-27)21(16-19)24(29)25-17(2)3/h5-7,10-13,16-17,20H,4,8-9,14-15H2,1-3H3,(H,25,29)(H,26,28)/t20-/m0/s1. The summed E-state index contributed by atoms with van der Waals surface area (Å²) >= 11 is 0. The van der Waals surface area contributed by atoms with Gasteiger partial charge in [-0.05, 0) is 56.9 Å². The lowest BCUT2D eigenvalue weighted by Crippen LogP contribution is -2.32. The number of hydrogen-bond donors (Lipinski definition) is 2. The topological polar surface area (TPSA) is 61.4 Å². The van der Waals surface area contributed by atoms with Crippen LogP contribution in [-0.2, 0) is 4.79 Å². The number of carbonyl (C=O) groups is 2. The minimum atomic E-state index is -0.220. The number of anilines is 2. The van der Waals surface area contributed by atoms with Gasteiger partial charge >= 0.3 is 0 Å². The highest BCUT2D eigenvalue weighted by molar-refractivity contribution is 6.03. The molecule has 1 saturated heterocycles. The van der Waals surface area contributed by atoms with Crippen molar-refractivity contribution in [2.45, 2.75) is 52.0 Å².